The minimum atomic E-state index is 0.420. The lowest BCUT2D eigenvalue weighted by atomic mass is 9.88. The van der Waals surface area contributed by atoms with Crippen molar-refractivity contribution in [1.29, 1.82) is 0 Å². The number of ether oxygens (including phenoxy) is 1. The topological polar surface area (TPSA) is 9.23 Å². The molecule has 0 bridgehead atoms. The van der Waals surface area contributed by atoms with Crippen LogP contribution in [0.5, 0.6) is 0 Å². The lowest BCUT2D eigenvalue weighted by molar-refractivity contribution is 0.0549. The van der Waals surface area contributed by atoms with E-state index in [0.29, 0.717) is 6.10 Å². The normalized spacial score (nSPS) is 18.8. The van der Waals surface area contributed by atoms with Crippen molar-refractivity contribution in [1.82, 2.24) is 0 Å². The van der Waals surface area contributed by atoms with Gasteiger partial charge in [-0.3, -0.25) is 0 Å². The molecule has 1 nitrogen and oxygen atoms in total. The van der Waals surface area contributed by atoms with Gasteiger partial charge in [-0.15, -0.1) is 0 Å². The standard InChI is InChI=1S/C11H24O/c1-6-9(3)8-11(7-2)10(4)12-5/h9-11H,6-8H2,1-5H3. The molecular weight excluding hydrogens is 148 g/mol. The van der Waals surface area contributed by atoms with E-state index in [9.17, 15) is 0 Å². The highest BCUT2D eigenvalue weighted by Crippen LogP contribution is 2.22. The second-order valence-corrected chi connectivity index (χ2v) is 3.86. The quantitative estimate of drug-likeness (QED) is 0.596. The Balaban J connectivity index is 3.81. The highest BCUT2D eigenvalue weighted by molar-refractivity contribution is 4.67. The lowest BCUT2D eigenvalue weighted by Crippen LogP contribution is -2.20. The maximum Gasteiger partial charge on any atom is 0.0571 e. The van der Waals surface area contributed by atoms with E-state index in [1.807, 2.05) is 7.11 Å². The summed E-state index contributed by atoms with van der Waals surface area (Å²) < 4.78 is 5.35. The van der Waals surface area contributed by atoms with E-state index >= 15 is 0 Å². The van der Waals surface area contributed by atoms with Crippen molar-refractivity contribution >= 4 is 0 Å². The second kappa shape index (κ2) is 6.47. The number of hydrogen-bond acceptors (Lipinski definition) is 1. The molecule has 0 aromatic rings. The zero-order chi connectivity index (χ0) is 9.56. The smallest absolute Gasteiger partial charge is 0.0571 e. The van der Waals surface area contributed by atoms with Crippen molar-refractivity contribution in [2.75, 3.05) is 7.11 Å². The zero-order valence-electron chi connectivity index (χ0n) is 9.26. The van der Waals surface area contributed by atoms with Crippen LogP contribution in [0.3, 0.4) is 0 Å². The molecular formula is C11H24O. The maximum absolute atomic E-state index is 5.35. The molecule has 74 valence electrons. The van der Waals surface area contributed by atoms with Crippen LogP contribution in [0.4, 0.5) is 0 Å². The van der Waals surface area contributed by atoms with Crippen LogP contribution in [0.15, 0.2) is 0 Å². The van der Waals surface area contributed by atoms with E-state index in [4.69, 9.17) is 4.74 Å². The summed E-state index contributed by atoms with van der Waals surface area (Å²) in [6.45, 7) is 9.01. The van der Waals surface area contributed by atoms with Crippen molar-refractivity contribution in [3.8, 4) is 0 Å². The van der Waals surface area contributed by atoms with E-state index in [0.717, 1.165) is 11.8 Å². The number of rotatable bonds is 6. The molecule has 0 aliphatic heterocycles. The molecule has 0 rings (SSSR count). The molecule has 0 fully saturated rings. The van der Waals surface area contributed by atoms with Gasteiger partial charge in [0, 0.05) is 7.11 Å². The van der Waals surface area contributed by atoms with Crippen LogP contribution in [0.1, 0.15) is 47.0 Å². The second-order valence-electron chi connectivity index (χ2n) is 3.86. The summed E-state index contributed by atoms with van der Waals surface area (Å²) >= 11 is 0. The summed E-state index contributed by atoms with van der Waals surface area (Å²) in [5, 5.41) is 0. The molecule has 0 amide bonds. The molecule has 0 spiro atoms. The van der Waals surface area contributed by atoms with Gasteiger partial charge >= 0.3 is 0 Å². The van der Waals surface area contributed by atoms with E-state index in [2.05, 4.69) is 27.7 Å². The Bertz CT molecular complexity index is 101. The summed E-state index contributed by atoms with van der Waals surface area (Å²) in [6.07, 6.45) is 4.25. The Hall–Kier alpha value is -0.0400. The molecule has 0 radical (unpaired) electrons. The predicted molar refractivity (Wildman–Crippen MR) is 54.3 cm³/mol. The van der Waals surface area contributed by atoms with Crippen molar-refractivity contribution in [3.05, 3.63) is 0 Å². The Kier molecular flexibility index (Phi) is 6.45. The van der Waals surface area contributed by atoms with Crippen molar-refractivity contribution < 1.29 is 4.74 Å². The number of hydrogen-bond donors (Lipinski definition) is 0. The van der Waals surface area contributed by atoms with Crippen LogP contribution in [0, 0.1) is 11.8 Å². The van der Waals surface area contributed by atoms with Crippen molar-refractivity contribution in [3.63, 3.8) is 0 Å². The fourth-order valence-electron chi connectivity index (χ4n) is 1.57. The van der Waals surface area contributed by atoms with Gasteiger partial charge in [0.15, 0.2) is 0 Å². The van der Waals surface area contributed by atoms with Crippen LogP contribution < -0.4 is 0 Å². The first-order valence-electron chi connectivity index (χ1n) is 5.18. The van der Waals surface area contributed by atoms with Gasteiger partial charge in [-0.1, -0.05) is 33.6 Å². The average molecular weight is 172 g/mol. The fourth-order valence-corrected chi connectivity index (χ4v) is 1.57. The van der Waals surface area contributed by atoms with Gasteiger partial charge in [0.2, 0.25) is 0 Å². The molecule has 3 atom stereocenters. The minimum absolute atomic E-state index is 0.420. The third-order valence-corrected chi connectivity index (χ3v) is 2.96. The van der Waals surface area contributed by atoms with Gasteiger partial charge < -0.3 is 4.74 Å². The Morgan fingerprint density at radius 3 is 2.00 bits per heavy atom. The average Bonchev–Trinajstić information content (AvgIpc) is 2.12. The number of methoxy groups -OCH3 is 1. The Morgan fingerprint density at radius 1 is 1.08 bits per heavy atom. The highest BCUT2D eigenvalue weighted by atomic mass is 16.5. The molecule has 12 heavy (non-hydrogen) atoms. The Morgan fingerprint density at radius 2 is 1.67 bits per heavy atom. The van der Waals surface area contributed by atoms with Crippen LogP contribution in [-0.4, -0.2) is 13.2 Å². The first-order chi connectivity index (χ1) is 5.65. The molecule has 0 aliphatic carbocycles. The monoisotopic (exact) mass is 172 g/mol. The van der Waals surface area contributed by atoms with Gasteiger partial charge in [0.1, 0.15) is 0 Å². The third-order valence-electron chi connectivity index (χ3n) is 2.96. The summed E-state index contributed by atoms with van der Waals surface area (Å²) in [5.41, 5.74) is 0. The molecule has 0 saturated heterocycles. The SMILES string of the molecule is CCC(C)CC(CC)C(C)OC. The lowest BCUT2D eigenvalue weighted by Gasteiger charge is -2.23. The molecule has 0 aliphatic rings. The molecule has 0 heterocycles. The predicted octanol–water partition coefficient (Wildman–Crippen LogP) is 3.48. The summed E-state index contributed by atoms with van der Waals surface area (Å²) in [7, 11) is 1.81. The van der Waals surface area contributed by atoms with Crippen LogP contribution >= 0.6 is 0 Å². The van der Waals surface area contributed by atoms with E-state index in [-0.39, 0.29) is 0 Å². The van der Waals surface area contributed by atoms with Gasteiger partial charge in [-0.05, 0) is 25.2 Å². The fraction of sp³-hybridized carbons (Fsp3) is 1.00. The van der Waals surface area contributed by atoms with Crippen molar-refractivity contribution in [2.24, 2.45) is 11.8 Å². The van der Waals surface area contributed by atoms with Gasteiger partial charge in [0.25, 0.3) is 0 Å². The van der Waals surface area contributed by atoms with Gasteiger partial charge in [0.05, 0.1) is 6.10 Å². The first kappa shape index (κ1) is 12.0. The first-order valence-corrected chi connectivity index (χ1v) is 5.18. The van der Waals surface area contributed by atoms with Crippen LogP contribution in [0.25, 0.3) is 0 Å². The largest absolute Gasteiger partial charge is 0.381 e. The third kappa shape index (κ3) is 4.10. The van der Waals surface area contributed by atoms with Gasteiger partial charge in [-0.25, -0.2) is 0 Å². The van der Waals surface area contributed by atoms with E-state index in [1.54, 1.807) is 0 Å². The molecule has 0 N–H and O–H groups in total. The van der Waals surface area contributed by atoms with Crippen molar-refractivity contribution in [2.45, 2.75) is 53.1 Å². The minimum Gasteiger partial charge on any atom is -0.381 e. The highest BCUT2D eigenvalue weighted by Gasteiger charge is 2.16. The molecule has 3 unspecified atom stereocenters. The maximum atomic E-state index is 5.35. The summed E-state index contributed by atoms with van der Waals surface area (Å²) in [4.78, 5) is 0. The molecule has 0 aromatic heterocycles. The zero-order valence-corrected chi connectivity index (χ0v) is 9.26. The van der Waals surface area contributed by atoms with Crippen LogP contribution in [-0.2, 0) is 4.74 Å². The molecule has 1 heteroatoms. The molecule has 0 aromatic carbocycles. The summed E-state index contributed by atoms with van der Waals surface area (Å²) in [6, 6.07) is 0. The van der Waals surface area contributed by atoms with E-state index in [1.165, 1.54) is 19.3 Å². The summed E-state index contributed by atoms with van der Waals surface area (Å²) in [5.74, 6) is 1.58. The van der Waals surface area contributed by atoms with Crippen LogP contribution in [0.2, 0.25) is 0 Å². The van der Waals surface area contributed by atoms with Gasteiger partial charge in [-0.2, -0.15) is 0 Å². The molecule has 0 saturated carbocycles. The van der Waals surface area contributed by atoms with E-state index < -0.39 is 0 Å². The Labute approximate surface area is 77.5 Å².